The fourth-order valence-corrected chi connectivity index (χ4v) is 3.00. The van der Waals surface area contributed by atoms with Crippen LogP contribution in [0.4, 0.5) is 5.69 Å². The molecule has 3 N–H and O–H groups in total. The van der Waals surface area contributed by atoms with Gasteiger partial charge in [0.25, 0.3) is 0 Å². The van der Waals surface area contributed by atoms with Crippen molar-refractivity contribution >= 4 is 5.69 Å². The van der Waals surface area contributed by atoms with Crippen LogP contribution in [0.25, 0.3) is 0 Å². The van der Waals surface area contributed by atoms with E-state index in [0.717, 1.165) is 29.8 Å². The maximum Gasteiger partial charge on any atom is 0.163 e. The van der Waals surface area contributed by atoms with E-state index in [1.807, 2.05) is 24.3 Å². The summed E-state index contributed by atoms with van der Waals surface area (Å²) >= 11 is 0. The molecule has 2 unspecified atom stereocenters. The maximum absolute atomic E-state index is 11.0. The Bertz CT molecular complexity index is 686. The number of nitrogens with one attached hydrogen (secondary N) is 2. The van der Waals surface area contributed by atoms with Crippen LogP contribution in [0.2, 0.25) is 0 Å². The van der Waals surface area contributed by atoms with Crippen LogP contribution in [0.5, 0.6) is 11.5 Å². The highest BCUT2D eigenvalue weighted by molar-refractivity contribution is 5.52. The van der Waals surface area contributed by atoms with Crippen molar-refractivity contribution in [3.8, 4) is 11.5 Å². The van der Waals surface area contributed by atoms with E-state index in [9.17, 15) is 5.21 Å². The van der Waals surface area contributed by atoms with E-state index in [0.29, 0.717) is 5.75 Å². The molecule has 0 amide bonds. The van der Waals surface area contributed by atoms with Crippen LogP contribution in [0, 0.1) is 5.21 Å². The molecular formula is C17H20N2O4. The molecule has 0 fully saturated rings. The van der Waals surface area contributed by atoms with Gasteiger partial charge < -0.3 is 20.0 Å². The van der Waals surface area contributed by atoms with Gasteiger partial charge in [0, 0.05) is 18.7 Å². The SMILES string of the molecule is COc1cc2c(cc1OC)C(c1ccc([NH+]([O-])O)cc1)NCC2. The van der Waals surface area contributed by atoms with Crippen molar-refractivity contribution in [3.05, 3.63) is 58.3 Å². The summed E-state index contributed by atoms with van der Waals surface area (Å²) in [6, 6.07) is 11.0. The molecule has 3 rings (SSSR count). The second kappa shape index (κ2) is 6.55. The molecule has 23 heavy (non-hydrogen) atoms. The molecule has 0 saturated carbocycles. The van der Waals surface area contributed by atoms with Gasteiger partial charge in [-0.3, -0.25) is 0 Å². The standard InChI is InChI=1S/C17H20N2O4/c1-22-15-9-12-7-8-18-17(14(12)10-16(15)23-2)11-3-5-13(6-4-11)19(20)21/h3-6,9-10,17-20H,7-8H2,1-2H3. The molecule has 122 valence electrons. The molecular weight excluding hydrogens is 296 g/mol. The lowest BCUT2D eigenvalue weighted by Crippen LogP contribution is -2.99. The van der Waals surface area contributed by atoms with Crippen molar-refractivity contribution in [3.63, 3.8) is 0 Å². The third-order valence-corrected chi connectivity index (χ3v) is 4.19. The van der Waals surface area contributed by atoms with Gasteiger partial charge in [0.2, 0.25) is 0 Å². The van der Waals surface area contributed by atoms with Crippen LogP contribution < -0.4 is 20.0 Å². The van der Waals surface area contributed by atoms with E-state index in [1.165, 1.54) is 5.56 Å². The predicted octanol–water partition coefficient (Wildman–Crippen LogP) is 1.34. The highest BCUT2D eigenvalue weighted by Crippen LogP contribution is 2.37. The summed E-state index contributed by atoms with van der Waals surface area (Å²) < 4.78 is 10.8. The molecule has 0 saturated heterocycles. The van der Waals surface area contributed by atoms with Crippen molar-refractivity contribution in [2.45, 2.75) is 12.5 Å². The zero-order valence-corrected chi connectivity index (χ0v) is 13.1. The van der Waals surface area contributed by atoms with Crippen LogP contribution in [0.3, 0.4) is 0 Å². The van der Waals surface area contributed by atoms with Crippen molar-refractivity contribution in [1.29, 1.82) is 0 Å². The van der Waals surface area contributed by atoms with Gasteiger partial charge in [0.15, 0.2) is 17.2 Å². The molecule has 0 bridgehead atoms. The van der Waals surface area contributed by atoms with Crippen LogP contribution >= 0.6 is 0 Å². The molecule has 6 nitrogen and oxygen atoms in total. The van der Waals surface area contributed by atoms with E-state index in [-0.39, 0.29) is 11.7 Å². The fourth-order valence-electron chi connectivity index (χ4n) is 3.00. The number of fused-ring (bicyclic) bond motifs is 1. The molecule has 6 heteroatoms. The van der Waals surface area contributed by atoms with Gasteiger partial charge in [-0.25, -0.2) is 5.21 Å². The average Bonchev–Trinajstić information content (AvgIpc) is 2.60. The van der Waals surface area contributed by atoms with Gasteiger partial charge in [0.1, 0.15) is 0 Å². The van der Waals surface area contributed by atoms with E-state index in [4.69, 9.17) is 14.7 Å². The first-order valence-corrected chi connectivity index (χ1v) is 7.45. The zero-order chi connectivity index (χ0) is 16.4. The Balaban J connectivity index is 2.00. The third-order valence-electron chi connectivity index (χ3n) is 4.19. The quantitative estimate of drug-likeness (QED) is 0.742. The highest BCUT2D eigenvalue weighted by Gasteiger charge is 2.24. The summed E-state index contributed by atoms with van der Waals surface area (Å²) in [7, 11) is 3.25. The lowest BCUT2D eigenvalue weighted by atomic mass is 9.89. The minimum absolute atomic E-state index is 0.0152. The number of methoxy groups -OCH3 is 2. The van der Waals surface area contributed by atoms with Crippen molar-refractivity contribution in [2.75, 3.05) is 20.8 Å². The van der Waals surface area contributed by atoms with Gasteiger partial charge in [-0.2, -0.15) is 5.23 Å². The Morgan fingerprint density at radius 1 is 1.13 bits per heavy atom. The molecule has 1 aliphatic heterocycles. The molecule has 0 aromatic heterocycles. The van der Waals surface area contributed by atoms with E-state index in [2.05, 4.69) is 5.32 Å². The lowest BCUT2D eigenvalue weighted by molar-refractivity contribution is -0.991. The van der Waals surface area contributed by atoms with Crippen molar-refractivity contribution < 1.29 is 19.9 Å². The second-order valence-electron chi connectivity index (χ2n) is 5.47. The van der Waals surface area contributed by atoms with E-state index >= 15 is 0 Å². The van der Waals surface area contributed by atoms with E-state index < -0.39 is 5.23 Å². The summed E-state index contributed by atoms with van der Waals surface area (Å²) in [6.07, 6.45) is 0.916. The minimum Gasteiger partial charge on any atom is -0.595 e. The molecule has 2 aromatic carbocycles. The average molecular weight is 316 g/mol. The summed E-state index contributed by atoms with van der Waals surface area (Å²) in [4.78, 5) is 0. The highest BCUT2D eigenvalue weighted by atomic mass is 16.8. The zero-order valence-electron chi connectivity index (χ0n) is 13.1. The minimum atomic E-state index is -0.917. The monoisotopic (exact) mass is 316 g/mol. The maximum atomic E-state index is 11.0. The fraction of sp³-hybridized carbons (Fsp3) is 0.294. The Morgan fingerprint density at radius 3 is 2.39 bits per heavy atom. The van der Waals surface area contributed by atoms with Crippen LogP contribution in [-0.4, -0.2) is 26.0 Å². The summed E-state index contributed by atoms with van der Waals surface area (Å²) in [6.45, 7) is 0.855. The van der Waals surface area contributed by atoms with Gasteiger partial charge >= 0.3 is 0 Å². The molecule has 0 spiro atoms. The Kier molecular flexibility index (Phi) is 4.49. The molecule has 1 heterocycles. The van der Waals surface area contributed by atoms with Gasteiger partial charge in [-0.15, -0.1) is 0 Å². The Hall–Kier alpha value is -2.12. The number of rotatable bonds is 4. The first kappa shape index (κ1) is 15.8. The number of hydrogen-bond acceptors (Lipinski definition) is 5. The van der Waals surface area contributed by atoms with Gasteiger partial charge in [-0.1, -0.05) is 12.1 Å². The molecule has 2 aromatic rings. The Labute approximate surface area is 134 Å². The number of benzene rings is 2. The first-order chi connectivity index (χ1) is 11.1. The summed E-state index contributed by atoms with van der Waals surface area (Å²) in [5.74, 6) is 1.43. The number of quaternary nitrogens is 1. The normalized spacial score (nSPS) is 18.2. The third kappa shape index (κ3) is 3.02. The van der Waals surface area contributed by atoms with Crippen molar-refractivity contribution in [1.82, 2.24) is 5.32 Å². The van der Waals surface area contributed by atoms with Crippen LogP contribution in [0.15, 0.2) is 36.4 Å². The predicted molar refractivity (Wildman–Crippen MR) is 85.3 cm³/mol. The molecule has 1 aliphatic rings. The largest absolute Gasteiger partial charge is 0.595 e. The first-order valence-electron chi connectivity index (χ1n) is 7.45. The lowest BCUT2D eigenvalue weighted by Gasteiger charge is -2.28. The number of hydrogen-bond donors (Lipinski definition) is 3. The van der Waals surface area contributed by atoms with Gasteiger partial charge in [0.05, 0.1) is 20.3 Å². The van der Waals surface area contributed by atoms with E-state index in [1.54, 1.807) is 26.4 Å². The Morgan fingerprint density at radius 2 is 1.78 bits per heavy atom. The van der Waals surface area contributed by atoms with Crippen molar-refractivity contribution in [2.24, 2.45) is 0 Å². The summed E-state index contributed by atoms with van der Waals surface area (Å²) in [5.41, 5.74) is 3.67. The second-order valence-corrected chi connectivity index (χ2v) is 5.47. The molecule has 0 aliphatic carbocycles. The van der Waals surface area contributed by atoms with Crippen LogP contribution in [-0.2, 0) is 6.42 Å². The molecule has 0 radical (unpaired) electrons. The smallest absolute Gasteiger partial charge is 0.163 e. The molecule has 2 atom stereocenters. The van der Waals surface area contributed by atoms with Gasteiger partial charge in [-0.05, 0) is 35.2 Å². The number of ether oxygens (including phenoxy) is 2. The topological polar surface area (TPSA) is 78.2 Å². The summed E-state index contributed by atoms with van der Waals surface area (Å²) in [5, 5.41) is 22.6. The van der Waals surface area contributed by atoms with Crippen LogP contribution in [0.1, 0.15) is 22.7 Å².